The van der Waals surface area contributed by atoms with Crippen molar-refractivity contribution in [3.05, 3.63) is 41.5 Å². The van der Waals surface area contributed by atoms with Gasteiger partial charge in [-0.1, -0.05) is 6.07 Å². The molecule has 0 amide bonds. The van der Waals surface area contributed by atoms with Crippen molar-refractivity contribution >= 4 is 5.78 Å². The van der Waals surface area contributed by atoms with Gasteiger partial charge in [-0.25, -0.2) is 0 Å². The van der Waals surface area contributed by atoms with Gasteiger partial charge in [0.2, 0.25) is 12.0 Å². The number of Topliss-reactive ketones (excluding diaryl/α,β-unsaturated/α-hetero) is 1. The average molecular weight is 555 g/mol. The lowest BCUT2D eigenvalue weighted by atomic mass is 9.99. The summed E-state index contributed by atoms with van der Waals surface area (Å²) in [4.78, 5) is 11.8. The maximum atomic E-state index is 11.8. The van der Waals surface area contributed by atoms with Crippen LogP contribution in [0.3, 0.4) is 0 Å². The van der Waals surface area contributed by atoms with Crippen molar-refractivity contribution in [3.63, 3.8) is 0 Å². The van der Waals surface area contributed by atoms with Gasteiger partial charge in [0.15, 0.2) is 34.9 Å². The van der Waals surface area contributed by atoms with Crippen molar-refractivity contribution in [1.29, 1.82) is 0 Å². The molecule has 1 aliphatic rings. The molecule has 6 N–H and O–H groups in total. The Morgan fingerprint density at radius 3 is 2.03 bits per heavy atom. The first-order valence-electron chi connectivity index (χ1n) is 12.0. The molecule has 0 bridgehead atoms. The molecule has 1 aliphatic heterocycles. The maximum Gasteiger partial charge on any atom is 0.229 e. The highest BCUT2D eigenvalue weighted by Gasteiger charge is 2.45. The van der Waals surface area contributed by atoms with Gasteiger partial charge in [0, 0.05) is 5.56 Å². The van der Waals surface area contributed by atoms with Crippen LogP contribution in [0.4, 0.5) is 0 Å². The summed E-state index contributed by atoms with van der Waals surface area (Å²) in [5, 5.41) is 60.7. The van der Waals surface area contributed by atoms with Gasteiger partial charge in [0.1, 0.15) is 30.5 Å². The van der Waals surface area contributed by atoms with E-state index in [1.165, 1.54) is 58.6 Å². The fourth-order valence-electron chi connectivity index (χ4n) is 4.02. The van der Waals surface area contributed by atoms with Gasteiger partial charge in [-0.05, 0) is 36.8 Å². The van der Waals surface area contributed by atoms with Gasteiger partial charge in [-0.2, -0.15) is 0 Å². The molecule has 13 heteroatoms. The molecule has 2 aromatic rings. The zero-order chi connectivity index (χ0) is 28.9. The fourth-order valence-corrected chi connectivity index (χ4v) is 4.02. The predicted molar refractivity (Wildman–Crippen MR) is 133 cm³/mol. The Labute approximate surface area is 224 Å². The van der Waals surface area contributed by atoms with E-state index >= 15 is 0 Å². The lowest BCUT2D eigenvalue weighted by Crippen LogP contribution is -2.60. The molecule has 0 aliphatic carbocycles. The number of hydrogen-bond donors (Lipinski definition) is 6. The largest absolute Gasteiger partial charge is 0.493 e. The Hall–Kier alpha value is -3.17. The molecule has 1 saturated heterocycles. The van der Waals surface area contributed by atoms with Crippen LogP contribution < -0.4 is 23.7 Å². The molecule has 0 saturated carbocycles. The first-order valence-corrected chi connectivity index (χ1v) is 12.0. The highest BCUT2D eigenvalue weighted by atomic mass is 16.7. The number of benzene rings is 2. The molecule has 3 rings (SSSR count). The highest BCUT2D eigenvalue weighted by Crippen LogP contribution is 2.41. The zero-order valence-electron chi connectivity index (χ0n) is 21.9. The van der Waals surface area contributed by atoms with E-state index in [2.05, 4.69) is 0 Å². The SMILES string of the molecule is COc1cc([C@@H](O)[C@H](CO)Oc2c(OC)cc(C(C)=O)cc2OC)ccc1O[C@@H]1O[C@H](CO)[C@@H](O)[C@@H](O)[C@@H]1O. The number of ether oxygens (including phenoxy) is 6. The molecule has 2 aromatic carbocycles. The van der Waals surface area contributed by atoms with Crippen molar-refractivity contribution in [2.24, 2.45) is 0 Å². The topological polar surface area (TPSA) is 194 Å². The normalized spacial score (nSPS) is 24.4. The van der Waals surface area contributed by atoms with E-state index < -0.39 is 56.1 Å². The van der Waals surface area contributed by atoms with Crippen molar-refractivity contribution < 1.29 is 63.9 Å². The van der Waals surface area contributed by atoms with E-state index in [9.17, 15) is 35.4 Å². The van der Waals surface area contributed by atoms with Crippen LogP contribution in [0.5, 0.6) is 28.7 Å². The number of carbonyl (C=O) groups is 1. The van der Waals surface area contributed by atoms with E-state index in [0.717, 1.165) is 0 Å². The monoisotopic (exact) mass is 554 g/mol. The summed E-state index contributed by atoms with van der Waals surface area (Å²) in [6.45, 7) is 0.142. The van der Waals surface area contributed by atoms with Crippen molar-refractivity contribution in [3.8, 4) is 28.7 Å². The van der Waals surface area contributed by atoms with Gasteiger partial charge in [0.25, 0.3) is 0 Å². The molecule has 13 nitrogen and oxygen atoms in total. The first kappa shape index (κ1) is 30.4. The van der Waals surface area contributed by atoms with Crippen LogP contribution in [-0.2, 0) is 4.74 Å². The number of ketones is 1. The van der Waals surface area contributed by atoms with Crippen molar-refractivity contribution in [2.75, 3.05) is 34.5 Å². The number of hydrogen-bond acceptors (Lipinski definition) is 13. The van der Waals surface area contributed by atoms with Crippen molar-refractivity contribution in [1.82, 2.24) is 0 Å². The van der Waals surface area contributed by atoms with Crippen LogP contribution in [0, 0.1) is 0 Å². The summed E-state index contributed by atoms with van der Waals surface area (Å²) >= 11 is 0. The van der Waals surface area contributed by atoms with Gasteiger partial charge in [0.05, 0.1) is 34.5 Å². The molecule has 0 unspecified atom stereocenters. The fraction of sp³-hybridized carbons (Fsp3) is 0.500. The van der Waals surface area contributed by atoms with Crippen LogP contribution in [0.2, 0.25) is 0 Å². The number of carbonyl (C=O) groups excluding carboxylic acids is 1. The molecular formula is C26H34O13. The molecule has 1 heterocycles. The predicted octanol–water partition coefficient (Wildman–Crippen LogP) is -0.433. The lowest BCUT2D eigenvalue weighted by molar-refractivity contribution is -0.277. The third-order valence-corrected chi connectivity index (χ3v) is 6.29. The Morgan fingerprint density at radius 2 is 1.51 bits per heavy atom. The van der Waals surface area contributed by atoms with Crippen LogP contribution in [0.15, 0.2) is 30.3 Å². The minimum atomic E-state index is -1.63. The van der Waals surface area contributed by atoms with Crippen LogP contribution in [-0.4, -0.2) is 108 Å². The Balaban J connectivity index is 1.85. The second-order valence-corrected chi connectivity index (χ2v) is 8.78. The second kappa shape index (κ2) is 13.3. The summed E-state index contributed by atoms with van der Waals surface area (Å²) in [7, 11) is 4.07. The van der Waals surface area contributed by atoms with E-state index in [0.29, 0.717) is 5.56 Å². The first-order chi connectivity index (χ1) is 18.6. The number of aliphatic hydroxyl groups excluding tert-OH is 6. The average Bonchev–Trinajstić information content (AvgIpc) is 2.95. The third kappa shape index (κ3) is 6.53. The minimum Gasteiger partial charge on any atom is -0.493 e. The molecule has 0 aromatic heterocycles. The summed E-state index contributed by atoms with van der Waals surface area (Å²) in [5.74, 6) is 0.313. The standard InChI is InChI=1S/C26H34O13/c1-12(29)14-8-17(35-3)25(18(9-14)36-4)37-19(10-27)21(30)13-5-6-15(16(7-13)34-2)38-26-24(33)23(32)22(31)20(11-28)39-26/h5-9,19-24,26-28,30-33H,10-11H2,1-4H3/t19-,20+,21+,22+,23+,24-,26+/m0/s1. The summed E-state index contributed by atoms with van der Waals surface area (Å²) in [6, 6.07) is 7.16. The lowest BCUT2D eigenvalue weighted by Gasteiger charge is -2.39. The third-order valence-electron chi connectivity index (χ3n) is 6.29. The Kier molecular flexibility index (Phi) is 10.3. The molecule has 0 radical (unpaired) electrons. The van der Waals surface area contributed by atoms with Crippen LogP contribution in [0.1, 0.15) is 28.9 Å². The number of aliphatic hydroxyl groups is 6. The molecule has 216 valence electrons. The number of rotatable bonds is 12. The molecule has 1 fully saturated rings. The van der Waals surface area contributed by atoms with Gasteiger partial charge >= 0.3 is 0 Å². The Bertz CT molecular complexity index is 1100. The summed E-state index contributed by atoms with van der Waals surface area (Å²) in [5.41, 5.74) is 0.571. The summed E-state index contributed by atoms with van der Waals surface area (Å²) < 4.78 is 32.9. The van der Waals surface area contributed by atoms with Crippen LogP contribution >= 0.6 is 0 Å². The second-order valence-electron chi connectivity index (χ2n) is 8.78. The quantitative estimate of drug-likeness (QED) is 0.185. The zero-order valence-corrected chi connectivity index (χ0v) is 21.9. The van der Waals surface area contributed by atoms with Gasteiger partial charge in [-0.15, -0.1) is 0 Å². The van der Waals surface area contributed by atoms with E-state index in [1.807, 2.05) is 0 Å². The summed E-state index contributed by atoms with van der Waals surface area (Å²) in [6.07, 6.45) is -10.0. The molecule has 0 spiro atoms. The molecular weight excluding hydrogens is 520 g/mol. The Morgan fingerprint density at radius 1 is 0.897 bits per heavy atom. The van der Waals surface area contributed by atoms with Crippen molar-refractivity contribution in [2.45, 2.75) is 49.8 Å². The maximum absolute atomic E-state index is 11.8. The molecule has 7 atom stereocenters. The number of methoxy groups -OCH3 is 3. The van der Waals surface area contributed by atoms with Crippen LogP contribution in [0.25, 0.3) is 0 Å². The molecule has 39 heavy (non-hydrogen) atoms. The van der Waals surface area contributed by atoms with E-state index in [-0.39, 0.29) is 40.1 Å². The highest BCUT2D eigenvalue weighted by molar-refractivity contribution is 5.95. The van der Waals surface area contributed by atoms with E-state index in [4.69, 9.17) is 28.4 Å². The van der Waals surface area contributed by atoms with Gasteiger partial charge in [-0.3, -0.25) is 4.79 Å². The smallest absolute Gasteiger partial charge is 0.229 e. The van der Waals surface area contributed by atoms with Gasteiger partial charge < -0.3 is 59.1 Å². The van der Waals surface area contributed by atoms with E-state index in [1.54, 1.807) is 0 Å². The minimum absolute atomic E-state index is 0.0578.